The van der Waals surface area contributed by atoms with Crippen LogP contribution >= 0.6 is 11.6 Å². The molecule has 0 radical (unpaired) electrons. The molecule has 2 aliphatic rings. The van der Waals surface area contributed by atoms with E-state index in [0.29, 0.717) is 39.3 Å². The van der Waals surface area contributed by atoms with Crippen LogP contribution in [0.2, 0.25) is 5.02 Å². The molecular formula is C25H29ClN6O3. The van der Waals surface area contributed by atoms with Crippen molar-refractivity contribution >= 4 is 40.4 Å². The Bertz CT molecular complexity index is 1230. The zero-order valence-corrected chi connectivity index (χ0v) is 20.4. The summed E-state index contributed by atoms with van der Waals surface area (Å²) in [4.78, 5) is 33.5. The first-order chi connectivity index (χ1) is 17.0. The molecule has 2 fully saturated rings. The van der Waals surface area contributed by atoms with Crippen molar-refractivity contribution in [1.82, 2.24) is 24.7 Å². The summed E-state index contributed by atoms with van der Waals surface area (Å²) in [6.45, 7) is 3.87. The van der Waals surface area contributed by atoms with Crippen LogP contribution in [0.4, 0.5) is 15.4 Å². The van der Waals surface area contributed by atoms with Crippen LogP contribution in [-0.2, 0) is 0 Å². The monoisotopic (exact) mass is 496 g/mol. The second-order valence-corrected chi connectivity index (χ2v) is 9.36. The minimum atomic E-state index is -0.273. The predicted octanol–water partition coefficient (Wildman–Crippen LogP) is 4.76. The number of pyridine rings is 1. The first-order valence-corrected chi connectivity index (χ1v) is 12.4. The summed E-state index contributed by atoms with van der Waals surface area (Å²) in [6, 6.07) is 8.91. The van der Waals surface area contributed by atoms with Crippen molar-refractivity contribution in [1.29, 1.82) is 0 Å². The highest BCUT2D eigenvalue weighted by molar-refractivity contribution is 6.36. The molecule has 1 aromatic carbocycles. The fourth-order valence-electron chi connectivity index (χ4n) is 4.93. The molecule has 2 N–H and O–H groups in total. The molecule has 2 aliphatic heterocycles. The number of nitrogens with zero attached hydrogens (tertiary/aromatic N) is 4. The smallest absolute Gasteiger partial charge is 0.325 e. The van der Waals surface area contributed by atoms with Gasteiger partial charge in [-0.2, -0.15) is 0 Å². The van der Waals surface area contributed by atoms with E-state index in [1.54, 1.807) is 49.8 Å². The van der Waals surface area contributed by atoms with Gasteiger partial charge in [0.1, 0.15) is 17.3 Å². The summed E-state index contributed by atoms with van der Waals surface area (Å²) in [5.74, 6) is 1.52. The highest BCUT2D eigenvalue weighted by atomic mass is 35.5. The zero-order chi connectivity index (χ0) is 24.4. The molecular weight excluding hydrogens is 468 g/mol. The number of halogens is 1. The van der Waals surface area contributed by atoms with Crippen molar-refractivity contribution < 1.29 is 14.3 Å². The van der Waals surface area contributed by atoms with E-state index in [4.69, 9.17) is 16.3 Å². The molecule has 3 aromatic rings. The summed E-state index contributed by atoms with van der Waals surface area (Å²) in [6.07, 6.45) is 7.76. The minimum absolute atomic E-state index is 0.140. The number of carbonyl (C=O) groups is 2. The molecule has 0 bridgehead atoms. The summed E-state index contributed by atoms with van der Waals surface area (Å²) >= 11 is 6.33. The van der Waals surface area contributed by atoms with Crippen molar-refractivity contribution in [2.24, 2.45) is 0 Å². The van der Waals surface area contributed by atoms with Crippen LogP contribution in [0, 0.1) is 0 Å². The molecule has 2 aromatic heterocycles. The third-order valence-corrected chi connectivity index (χ3v) is 7.07. The number of nitrogens with one attached hydrogen (secondary N) is 2. The number of likely N-dealkylation sites (tertiary alicyclic amines) is 2. The minimum Gasteiger partial charge on any atom is -0.457 e. The van der Waals surface area contributed by atoms with Crippen molar-refractivity contribution in [3.63, 3.8) is 0 Å². The van der Waals surface area contributed by atoms with Crippen LogP contribution in [0.5, 0.6) is 11.5 Å². The Kier molecular flexibility index (Phi) is 6.79. The van der Waals surface area contributed by atoms with Gasteiger partial charge >= 0.3 is 12.1 Å². The van der Waals surface area contributed by atoms with E-state index in [1.807, 2.05) is 4.90 Å². The summed E-state index contributed by atoms with van der Waals surface area (Å²) in [7, 11) is 1.57. The Labute approximate surface area is 209 Å². The summed E-state index contributed by atoms with van der Waals surface area (Å²) < 4.78 is 7.45. The molecule has 0 aliphatic carbocycles. The normalized spacial score (nSPS) is 17.0. The number of hydrogen-bond donors (Lipinski definition) is 2. The summed E-state index contributed by atoms with van der Waals surface area (Å²) in [5, 5.41) is 6.64. The molecule has 9 nitrogen and oxygen atoms in total. The van der Waals surface area contributed by atoms with Gasteiger partial charge in [-0.3, -0.25) is 9.88 Å². The van der Waals surface area contributed by atoms with Crippen molar-refractivity contribution in [2.75, 3.05) is 38.5 Å². The van der Waals surface area contributed by atoms with Gasteiger partial charge in [0.25, 0.3) is 0 Å². The van der Waals surface area contributed by atoms with E-state index in [2.05, 4.69) is 20.5 Å². The molecule has 10 heteroatoms. The van der Waals surface area contributed by atoms with Gasteiger partial charge in [0.2, 0.25) is 0 Å². The van der Waals surface area contributed by atoms with Crippen LogP contribution in [-0.4, -0.2) is 70.7 Å². The Morgan fingerprint density at radius 1 is 1.03 bits per heavy atom. The lowest BCUT2D eigenvalue weighted by atomic mass is 10.0. The Morgan fingerprint density at radius 3 is 2.51 bits per heavy atom. The number of benzene rings is 1. The predicted molar refractivity (Wildman–Crippen MR) is 136 cm³/mol. The van der Waals surface area contributed by atoms with E-state index in [9.17, 15) is 9.59 Å². The Hall–Kier alpha value is -3.30. The number of carbonyl (C=O) groups excluding carboxylic acids is 2. The lowest BCUT2D eigenvalue weighted by Gasteiger charge is -2.36. The number of aromatic nitrogens is 2. The van der Waals surface area contributed by atoms with Crippen molar-refractivity contribution in [3.8, 4) is 11.5 Å². The highest BCUT2D eigenvalue weighted by Gasteiger charge is 2.28. The number of urea groups is 1. The second-order valence-electron chi connectivity index (χ2n) is 8.95. The highest BCUT2D eigenvalue weighted by Crippen LogP contribution is 2.32. The Morgan fingerprint density at radius 2 is 1.77 bits per heavy atom. The fraction of sp³-hybridized carbons (Fsp3) is 0.400. The van der Waals surface area contributed by atoms with Gasteiger partial charge in [-0.1, -0.05) is 11.6 Å². The van der Waals surface area contributed by atoms with Crippen molar-refractivity contribution in [3.05, 3.63) is 47.7 Å². The van der Waals surface area contributed by atoms with Gasteiger partial charge in [0.15, 0.2) is 0 Å². The SMILES string of the molecule is CNC(=O)n1cc(Cl)c2cc(Oc3ccnc(NC(=O)N4CCC(N5CCCC5)CC4)c3)ccc21. The molecule has 0 spiro atoms. The maximum atomic E-state index is 12.8. The maximum absolute atomic E-state index is 12.8. The van der Waals surface area contributed by atoms with Gasteiger partial charge in [0.05, 0.1) is 10.5 Å². The Balaban J connectivity index is 1.22. The van der Waals surface area contributed by atoms with E-state index in [0.717, 1.165) is 25.9 Å². The zero-order valence-electron chi connectivity index (χ0n) is 19.7. The van der Waals surface area contributed by atoms with Crippen LogP contribution < -0.4 is 15.4 Å². The quantitative estimate of drug-likeness (QED) is 0.543. The average Bonchev–Trinajstić information content (AvgIpc) is 3.53. The largest absolute Gasteiger partial charge is 0.457 e. The van der Waals surface area contributed by atoms with Crippen LogP contribution in [0.3, 0.4) is 0 Å². The molecule has 2 saturated heterocycles. The van der Waals surface area contributed by atoms with Gasteiger partial charge < -0.3 is 19.9 Å². The number of anilines is 1. The first kappa shape index (κ1) is 23.4. The van der Waals surface area contributed by atoms with E-state index < -0.39 is 0 Å². The lowest BCUT2D eigenvalue weighted by molar-refractivity contribution is 0.140. The number of hydrogen-bond acceptors (Lipinski definition) is 5. The van der Waals surface area contributed by atoms with Gasteiger partial charge in [-0.15, -0.1) is 0 Å². The molecule has 0 atom stereocenters. The molecule has 184 valence electrons. The van der Waals surface area contributed by atoms with Gasteiger partial charge in [0, 0.05) is 50.0 Å². The molecule has 35 heavy (non-hydrogen) atoms. The van der Waals surface area contributed by atoms with E-state index in [-0.39, 0.29) is 12.1 Å². The van der Waals surface area contributed by atoms with Crippen LogP contribution in [0.1, 0.15) is 25.7 Å². The molecule has 4 heterocycles. The average molecular weight is 497 g/mol. The molecule has 3 amide bonds. The van der Waals surface area contributed by atoms with Crippen molar-refractivity contribution in [2.45, 2.75) is 31.7 Å². The summed E-state index contributed by atoms with van der Waals surface area (Å²) in [5.41, 5.74) is 0.679. The van der Waals surface area contributed by atoms with Crippen LogP contribution in [0.25, 0.3) is 10.9 Å². The number of rotatable bonds is 4. The number of piperidine rings is 1. The van der Waals surface area contributed by atoms with E-state index in [1.165, 1.54) is 30.5 Å². The third kappa shape index (κ3) is 5.06. The number of fused-ring (bicyclic) bond motifs is 1. The standard InChI is InChI=1S/C25H29ClN6O3/c1-27-24(33)32-16-21(26)20-14-18(4-5-22(20)32)35-19-6-9-28-23(15-19)29-25(34)31-12-7-17(8-13-31)30-10-2-3-11-30/h4-6,9,14-17H,2-3,7-8,10-13H2,1H3,(H,27,33)(H,28,29,34). The first-order valence-electron chi connectivity index (χ1n) is 12.0. The third-order valence-electron chi connectivity index (χ3n) is 6.77. The second kappa shape index (κ2) is 10.1. The number of ether oxygens (including phenoxy) is 1. The van der Waals surface area contributed by atoms with E-state index >= 15 is 0 Å². The molecule has 0 unspecified atom stereocenters. The van der Waals surface area contributed by atoms with Gasteiger partial charge in [-0.25, -0.2) is 14.6 Å². The lowest BCUT2D eigenvalue weighted by Crippen LogP contribution is -2.47. The fourth-order valence-corrected chi connectivity index (χ4v) is 5.18. The molecule has 0 saturated carbocycles. The number of amides is 3. The topological polar surface area (TPSA) is 91.7 Å². The van der Waals surface area contributed by atoms with Gasteiger partial charge in [-0.05, 0) is 63.0 Å². The molecule has 5 rings (SSSR count). The maximum Gasteiger partial charge on any atom is 0.325 e. The van der Waals surface area contributed by atoms with Crippen LogP contribution in [0.15, 0.2) is 42.7 Å².